The van der Waals surface area contributed by atoms with Crippen molar-refractivity contribution in [2.45, 2.75) is 39.2 Å². The number of benzene rings is 1. The summed E-state index contributed by atoms with van der Waals surface area (Å²) in [7, 11) is 0. The van der Waals surface area contributed by atoms with E-state index >= 15 is 0 Å². The first-order chi connectivity index (χ1) is 11.0. The molecule has 0 radical (unpaired) electrons. The van der Waals surface area contributed by atoms with E-state index in [1.54, 1.807) is 24.3 Å². The van der Waals surface area contributed by atoms with Crippen LogP contribution in [0.5, 0.6) is 5.75 Å². The molecule has 0 bridgehead atoms. The van der Waals surface area contributed by atoms with Crippen molar-refractivity contribution in [3.63, 3.8) is 0 Å². The third-order valence-corrected chi connectivity index (χ3v) is 3.87. The highest BCUT2D eigenvalue weighted by Crippen LogP contribution is 2.22. The minimum atomic E-state index is -0.936. The number of rotatable bonds is 5. The van der Waals surface area contributed by atoms with E-state index in [1.807, 2.05) is 19.9 Å². The van der Waals surface area contributed by atoms with E-state index in [2.05, 4.69) is 0 Å². The van der Waals surface area contributed by atoms with Gasteiger partial charge in [-0.25, -0.2) is 4.79 Å². The van der Waals surface area contributed by atoms with E-state index in [1.165, 1.54) is 4.90 Å². The summed E-state index contributed by atoms with van der Waals surface area (Å²) in [6.45, 7) is 4.91. The van der Waals surface area contributed by atoms with Gasteiger partial charge < -0.3 is 14.7 Å². The van der Waals surface area contributed by atoms with Crippen LogP contribution >= 0.6 is 0 Å². The van der Waals surface area contributed by atoms with Crippen LogP contribution in [0.15, 0.2) is 35.9 Å². The van der Waals surface area contributed by atoms with Crippen molar-refractivity contribution in [3.8, 4) is 5.75 Å². The van der Waals surface area contributed by atoms with Crippen molar-refractivity contribution in [3.05, 3.63) is 41.5 Å². The van der Waals surface area contributed by atoms with Gasteiger partial charge in [0, 0.05) is 12.1 Å². The average Bonchev–Trinajstić information content (AvgIpc) is 2.54. The van der Waals surface area contributed by atoms with Gasteiger partial charge >= 0.3 is 5.97 Å². The molecule has 0 aliphatic carbocycles. The largest absolute Gasteiger partial charge is 0.490 e. The van der Waals surface area contributed by atoms with Crippen molar-refractivity contribution in [2.75, 3.05) is 13.2 Å². The van der Waals surface area contributed by atoms with Gasteiger partial charge in [0.2, 0.25) is 0 Å². The molecule has 23 heavy (non-hydrogen) atoms. The molecule has 0 aromatic heterocycles. The number of carboxylic acids is 1. The van der Waals surface area contributed by atoms with Crippen molar-refractivity contribution in [1.82, 2.24) is 4.90 Å². The van der Waals surface area contributed by atoms with E-state index in [0.717, 1.165) is 18.4 Å². The minimum Gasteiger partial charge on any atom is -0.490 e. The number of amides is 1. The summed E-state index contributed by atoms with van der Waals surface area (Å²) in [5, 5.41) is 9.30. The van der Waals surface area contributed by atoms with Gasteiger partial charge in [-0.15, -0.1) is 0 Å². The number of aliphatic carboxylic acids is 1. The predicted octanol–water partition coefficient (Wildman–Crippen LogP) is 3.11. The molecule has 5 nitrogen and oxygen atoms in total. The lowest BCUT2D eigenvalue weighted by atomic mass is 10.0. The van der Waals surface area contributed by atoms with Crippen LogP contribution in [0.1, 0.15) is 43.5 Å². The van der Waals surface area contributed by atoms with E-state index in [4.69, 9.17) is 4.74 Å². The van der Waals surface area contributed by atoms with Crippen molar-refractivity contribution in [1.29, 1.82) is 0 Å². The van der Waals surface area contributed by atoms with Gasteiger partial charge in [0.1, 0.15) is 18.4 Å². The Morgan fingerprint density at radius 3 is 2.83 bits per heavy atom. The number of nitrogens with zero attached hydrogens (tertiary/aromatic N) is 1. The maximum atomic E-state index is 12.6. The Morgan fingerprint density at radius 1 is 1.35 bits per heavy atom. The van der Waals surface area contributed by atoms with E-state index in [-0.39, 0.29) is 5.91 Å². The van der Waals surface area contributed by atoms with E-state index < -0.39 is 12.0 Å². The smallest absolute Gasteiger partial charge is 0.326 e. The molecule has 1 heterocycles. The predicted molar refractivity (Wildman–Crippen MR) is 87.7 cm³/mol. The van der Waals surface area contributed by atoms with Crippen LogP contribution in [0.3, 0.4) is 0 Å². The van der Waals surface area contributed by atoms with Crippen molar-refractivity contribution < 1.29 is 19.4 Å². The summed E-state index contributed by atoms with van der Waals surface area (Å²) in [5.41, 5.74) is 1.63. The summed E-state index contributed by atoms with van der Waals surface area (Å²) in [6.07, 6.45) is 4.15. The molecule has 1 aromatic carbocycles. The molecule has 124 valence electrons. The quantitative estimate of drug-likeness (QED) is 0.847. The van der Waals surface area contributed by atoms with E-state index in [9.17, 15) is 14.7 Å². The number of hydrogen-bond donors (Lipinski definition) is 1. The molecule has 1 aliphatic heterocycles. The molecule has 2 rings (SSSR count). The zero-order valence-electron chi connectivity index (χ0n) is 13.6. The fraction of sp³-hybridized carbons (Fsp3) is 0.444. The first-order valence-electron chi connectivity index (χ1n) is 7.89. The number of likely N-dealkylation sites (tertiary alicyclic amines) is 1. The molecule has 1 N–H and O–H groups in total. The molecule has 1 atom stereocenters. The van der Waals surface area contributed by atoms with Crippen LogP contribution in [0.4, 0.5) is 0 Å². The maximum Gasteiger partial charge on any atom is 0.326 e. The average molecular weight is 317 g/mol. The third kappa shape index (κ3) is 4.58. The Bertz CT molecular complexity index is 605. The van der Waals surface area contributed by atoms with Gasteiger partial charge in [-0.2, -0.15) is 0 Å². The number of carboxylic acid groups (broad SMARTS) is 1. The van der Waals surface area contributed by atoms with Crippen LogP contribution in [-0.4, -0.2) is 41.1 Å². The zero-order chi connectivity index (χ0) is 16.8. The zero-order valence-corrected chi connectivity index (χ0v) is 13.6. The van der Waals surface area contributed by atoms with Crippen molar-refractivity contribution in [2.24, 2.45) is 0 Å². The highest BCUT2D eigenvalue weighted by Gasteiger charge is 2.32. The third-order valence-electron chi connectivity index (χ3n) is 3.87. The highest BCUT2D eigenvalue weighted by molar-refractivity contribution is 5.97. The molecule has 1 aromatic rings. The van der Waals surface area contributed by atoms with E-state index in [0.29, 0.717) is 30.9 Å². The van der Waals surface area contributed by atoms with Crippen molar-refractivity contribution >= 4 is 11.9 Å². The standard InChI is InChI=1S/C18H23NO4/c1-13(2)9-11-23-15-7-5-6-14(12-15)17(20)19-10-4-3-8-16(19)18(21)22/h5-7,9,12,16H,3-4,8,10-11H2,1-2H3,(H,21,22)/t16-/m1/s1. The highest BCUT2D eigenvalue weighted by atomic mass is 16.5. The summed E-state index contributed by atoms with van der Waals surface area (Å²) in [4.78, 5) is 25.5. The maximum absolute atomic E-state index is 12.6. The Balaban J connectivity index is 2.12. The van der Waals surface area contributed by atoms with Gasteiger partial charge in [0.25, 0.3) is 5.91 Å². The Labute approximate surface area is 136 Å². The molecule has 1 amide bonds. The molecular formula is C18H23NO4. The minimum absolute atomic E-state index is 0.246. The summed E-state index contributed by atoms with van der Waals surface area (Å²) in [5.74, 6) is -0.573. The lowest BCUT2D eigenvalue weighted by molar-refractivity contribution is -0.143. The Kier molecular flexibility index (Phi) is 5.79. The molecule has 1 aliphatic rings. The second kappa shape index (κ2) is 7.81. The Hall–Kier alpha value is -2.30. The summed E-state index contributed by atoms with van der Waals surface area (Å²) in [6, 6.07) is 6.19. The normalized spacial score (nSPS) is 17.5. The van der Waals surface area contributed by atoms with Gasteiger partial charge in [-0.1, -0.05) is 11.6 Å². The first kappa shape index (κ1) is 17.1. The summed E-state index contributed by atoms with van der Waals surface area (Å²) < 4.78 is 5.61. The Morgan fingerprint density at radius 2 is 2.13 bits per heavy atom. The second-order valence-corrected chi connectivity index (χ2v) is 5.97. The number of ether oxygens (including phenoxy) is 1. The van der Waals surface area contributed by atoms with Gasteiger partial charge in [0.15, 0.2) is 0 Å². The van der Waals surface area contributed by atoms with Crippen LogP contribution in [0.2, 0.25) is 0 Å². The number of piperidine rings is 1. The number of carbonyl (C=O) groups excluding carboxylic acids is 1. The van der Waals surface area contributed by atoms with Gasteiger partial charge in [-0.05, 0) is 57.4 Å². The molecule has 1 saturated heterocycles. The molecule has 0 saturated carbocycles. The number of allylic oxidation sites excluding steroid dienone is 1. The van der Waals surface area contributed by atoms with Gasteiger partial charge in [0.05, 0.1) is 0 Å². The molecular weight excluding hydrogens is 294 g/mol. The first-order valence-corrected chi connectivity index (χ1v) is 7.89. The molecule has 1 fully saturated rings. The van der Waals surface area contributed by atoms with Crippen LogP contribution < -0.4 is 4.74 Å². The lowest BCUT2D eigenvalue weighted by Crippen LogP contribution is -2.47. The molecule has 5 heteroatoms. The van der Waals surface area contributed by atoms with Crippen LogP contribution in [-0.2, 0) is 4.79 Å². The number of hydrogen-bond acceptors (Lipinski definition) is 3. The fourth-order valence-electron chi connectivity index (χ4n) is 2.62. The van der Waals surface area contributed by atoms with Gasteiger partial charge in [-0.3, -0.25) is 4.79 Å². The SMILES string of the molecule is CC(C)=CCOc1cccc(C(=O)N2CCCC[C@@H]2C(=O)O)c1. The molecule has 0 spiro atoms. The second-order valence-electron chi connectivity index (χ2n) is 5.97. The topological polar surface area (TPSA) is 66.8 Å². The lowest BCUT2D eigenvalue weighted by Gasteiger charge is -2.33. The van der Waals surface area contributed by atoms with Crippen LogP contribution in [0, 0.1) is 0 Å². The fourth-order valence-corrected chi connectivity index (χ4v) is 2.62. The molecule has 0 unspecified atom stereocenters. The monoisotopic (exact) mass is 317 g/mol. The summed E-state index contributed by atoms with van der Waals surface area (Å²) >= 11 is 0. The van der Waals surface area contributed by atoms with Crippen LogP contribution in [0.25, 0.3) is 0 Å². The number of carbonyl (C=O) groups is 2.